The van der Waals surface area contributed by atoms with Crippen LogP contribution in [0.25, 0.3) is 0 Å². The van der Waals surface area contributed by atoms with Gasteiger partial charge in [-0.05, 0) is 38.6 Å². The summed E-state index contributed by atoms with van der Waals surface area (Å²) in [5.41, 5.74) is 9.36. The maximum Gasteiger partial charge on any atom is 0.469 e. The molecule has 10 nitrogen and oxygen atoms in total. The monoisotopic (exact) mass is 303 g/mol. The van der Waals surface area contributed by atoms with Gasteiger partial charge in [0.2, 0.25) is 0 Å². The Balaban J connectivity index is 4.81. The number of hydrogen-bond acceptors (Lipinski definition) is 6. The van der Waals surface area contributed by atoms with E-state index >= 15 is 0 Å². The molecule has 0 aliphatic rings. The Morgan fingerprint density at radius 3 is 2.43 bits per heavy atom. The highest BCUT2D eigenvalue weighted by atomic mass is 16.7. The molecule has 0 fully saturated rings. The minimum atomic E-state index is -1.25. The van der Waals surface area contributed by atoms with Gasteiger partial charge in [0.1, 0.15) is 11.9 Å². The number of hydrazine groups is 1. The van der Waals surface area contributed by atoms with Crippen molar-refractivity contribution in [2.24, 2.45) is 16.5 Å². The van der Waals surface area contributed by atoms with Crippen LogP contribution in [0.4, 0.5) is 4.79 Å². The fourth-order valence-electron chi connectivity index (χ4n) is 1.39. The Morgan fingerprint density at radius 2 is 2.05 bits per heavy atom. The van der Waals surface area contributed by atoms with Crippen LogP contribution in [0, 0.1) is 10.1 Å². The minimum absolute atomic E-state index is 0.0422. The van der Waals surface area contributed by atoms with Gasteiger partial charge >= 0.3 is 6.09 Å². The van der Waals surface area contributed by atoms with Crippen LogP contribution in [0.3, 0.4) is 0 Å². The zero-order valence-electron chi connectivity index (χ0n) is 12.3. The molecule has 0 aromatic rings. The molecule has 120 valence electrons. The van der Waals surface area contributed by atoms with E-state index in [-0.39, 0.29) is 23.9 Å². The van der Waals surface area contributed by atoms with Crippen molar-refractivity contribution in [3.05, 3.63) is 10.1 Å². The summed E-state index contributed by atoms with van der Waals surface area (Å²) < 4.78 is 4.91. The van der Waals surface area contributed by atoms with E-state index < -0.39 is 22.8 Å². The molecule has 0 radical (unpaired) electrons. The van der Waals surface area contributed by atoms with Gasteiger partial charge in [-0.1, -0.05) is 0 Å². The average Bonchev–Trinajstić information content (AvgIpc) is 2.29. The topological polar surface area (TPSA) is 154 Å². The molecule has 0 aliphatic carbocycles. The lowest BCUT2D eigenvalue weighted by atomic mass is 10.1. The predicted molar refractivity (Wildman–Crippen MR) is 74.8 cm³/mol. The van der Waals surface area contributed by atoms with E-state index in [1.165, 1.54) is 0 Å². The molecule has 0 spiro atoms. The molecule has 0 aromatic carbocycles. The Bertz CT molecular complexity index is 414. The molecule has 0 heterocycles. The van der Waals surface area contributed by atoms with E-state index in [1.54, 1.807) is 20.8 Å². The van der Waals surface area contributed by atoms with Crippen LogP contribution in [0.2, 0.25) is 0 Å². The van der Waals surface area contributed by atoms with E-state index in [4.69, 9.17) is 16.2 Å². The minimum Gasteiger partial charge on any atom is -0.440 e. The largest absolute Gasteiger partial charge is 0.469 e. The lowest BCUT2D eigenvalue weighted by Crippen LogP contribution is -2.47. The number of guanidine groups is 1. The number of nitrogens with zero attached hydrogens (tertiary/aromatic N) is 3. The number of carbonyl (C=O) groups is 2. The number of carbonyl (C=O) groups excluding carboxylic acids is 2. The van der Waals surface area contributed by atoms with Crippen molar-refractivity contribution in [3.8, 4) is 0 Å². The molecule has 0 saturated carbocycles. The Kier molecular flexibility index (Phi) is 7.11. The fraction of sp³-hybridized carbons (Fsp3) is 0.727. The predicted octanol–water partition coefficient (Wildman–Crippen LogP) is 0.0363. The molecule has 0 rings (SSSR count). The van der Waals surface area contributed by atoms with Crippen LogP contribution in [-0.4, -0.2) is 46.6 Å². The molecular weight excluding hydrogens is 282 g/mol. The zero-order valence-corrected chi connectivity index (χ0v) is 12.3. The van der Waals surface area contributed by atoms with Gasteiger partial charge in [-0.25, -0.2) is 14.9 Å². The number of nitrogens with two attached hydrogens (primary N) is 2. The molecule has 0 saturated heterocycles. The number of rotatable bonds is 7. The molecule has 4 N–H and O–H groups in total. The van der Waals surface area contributed by atoms with E-state index in [1.807, 2.05) is 0 Å². The Morgan fingerprint density at radius 1 is 1.48 bits per heavy atom. The Hall–Kier alpha value is -2.39. The maximum absolute atomic E-state index is 11.8. The van der Waals surface area contributed by atoms with E-state index in [2.05, 4.69) is 4.99 Å². The lowest BCUT2D eigenvalue weighted by Gasteiger charge is -2.23. The maximum atomic E-state index is 11.8. The summed E-state index contributed by atoms with van der Waals surface area (Å²) in [7, 11) is 0. The lowest BCUT2D eigenvalue weighted by molar-refractivity contribution is -0.640. The van der Waals surface area contributed by atoms with Crippen LogP contribution in [0.1, 0.15) is 33.6 Å². The molecule has 1 unspecified atom stereocenters. The molecular formula is C11H21N5O5. The third-order valence-electron chi connectivity index (χ3n) is 2.18. The van der Waals surface area contributed by atoms with Gasteiger partial charge in [0.15, 0.2) is 17.0 Å². The van der Waals surface area contributed by atoms with Crippen molar-refractivity contribution < 1.29 is 19.4 Å². The van der Waals surface area contributed by atoms with E-state index in [0.717, 1.165) is 0 Å². The third-order valence-corrected chi connectivity index (χ3v) is 2.18. The molecule has 0 aromatic heterocycles. The van der Waals surface area contributed by atoms with Gasteiger partial charge in [0.25, 0.3) is 0 Å². The highest BCUT2D eigenvalue weighted by Gasteiger charge is 2.37. The van der Waals surface area contributed by atoms with Gasteiger partial charge in [0, 0.05) is 6.54 Å². The van der Waals surface area contributed by atoms with Crippen molar-refractivity contribution in [1.29, 1.82) is 0 Å². The van der Waals surface area contributed by atoms with Crippen molar-refractivity contribution in [2.75, 3.05) is 6.54 Å². The van der Waals surface area contributed by atoms with Crippen LogP contribution < -0.4 is 11.5 Å². The average molecular weight is 303 g/mol. The number of ether oxygens (including phenoxy) is 1. The summed E-state index contributed by atoms with van der Waals surface area (Å²) >= 11 is 0. The first-order valence-corrected chi connectivity index (χ1v) is 6.25. The zero-order chi connectivity index (χ0) is 16.6. The second-order valence-corrected chi connectivity index (χ2v) is 5.21. The standard InChI is InChI=1S/C11H21N5O5/c1-11(2,3)21-10(18)15(16(19)20)8(7-17)5-4-6-14-9(12)13/h7-8H,4-6H2,1-3H3,(H4,12,13,14). The highest BCUT2D eigenvalue weighted by Crippen LogP contribution is 2.14. The van der Waals surface area contributed by atoms with Gasteiger partial charge < -0.3 is 21.0 Å². The second kappa shape index (κ2) is 8.02. The molecule has 0 bridgehead atoms. The normalized spacial score (nSPS) is 12.1. The summed E-state index contributed by atoms with van der Waals surface area (Å²) in [6.45, 7) is 4.90. The third kappa shape index (κ3) is 7.70. The van der Waals surface area contributed by atoms with Crippen LogP contribution in [-0.2, 0) is 9.53 Å². The molecule has 1 atom stereocenters. The van der Waals surface area contributed by atoms with Crippen molar-refractivity contribution >= 4 is 18.3 Å². The first kappa shape index (κ1) is 18.6. The first-order valence-electron chi connectivity index (χ1n) is 6.25. The summed E-state index contributed by atoms with van der Waals surface area (Å²) in [5, 5.41) is 10.2. The number of amides is 1. The summed E-state index contributed by atoms with van der Waals surface area (Å²) in [6, 6.07) is -1.25. The van der Waals surface area contributed by atoms with Crippen LogP contribution in [0.15, 0.2) is 4.99 Å². The smallest absolute Gasteiger partial charge is 0.440 e. The molecule has 10 heteroatoms. The number of hydrogen-bond donors (Lipinski definition) is 2. The molecule has 21 heavy (non-hydrogen) atoms. The summed E-state index contributed by atoms with van der Waals surface area (Å²) in [4.78, 5) is 37.5. The summed E-state index contributed by atoms with van der Waals surface area (Å²) in [6.07, 6.45) is -0.525. The van der Waals surface area contributed by atoms with Crippen molar-refractivity contribution in [2.45, 2.75) is 45.3 Å². The van der Waals surface area contributed by atoms with Gasteiger partial charge in [-0.3, -0.25) is 4.99 Å². The van der Waals surface area contributed by atoms with Gasteiger partial charge in [-0.2, -0.15) is 0 Å². The van der Waals surface area contributed by atoms with Gasteiger partial charge in [-0.15, -0.1) is 0 Å². The number of aldehydes is 1. The Labute approximate surface area is 122 Å². The quantitative estimate of drug-likeness (QED) is 0.168. The van der Waals surface area contributed by atoms with E-state index in [9.17, 15) is 19.7 Å². The van der Waals surface area contributed by atoms with Crippen LogP contribution >= 0.6 is 0 Å². The molecule has 0 aliphatic heterocycles. The number of nitro groups is 1. The second-order valence-electron chi connectivity index (χ2n) is 5.21. The fourth-order valence-corrected chi connectivity index (χ4v) is 1.39. The highest BCUT2D eigenvalue weighted by molar-refractivity contribution is 5.75. The molecule has 1 amide bonds. The van der Waals surface area contributed by atoms with E-state index in [0.29, 0.717) is 12.7 Å². The van der Waals surface area contributed by atoms with Crippen molar-refractivity contribution in [1.82, 2.24) is 5.01 Å². The number of aliphatic imine (C=N–C) groups is 1. The van der Waals surface area contributed by atoms with Crippen molar-refractivity contribution in [3.63, 3.8) is 0 Å². The first-order chi connectivity index (χ1) is 9.58. The summed E-state index contributed by atoms with van der Waals surface area (Å²) in [5.74, 6) is -0.115. The van der Waals surface area contributed by atoms with Gasteiger partial charge in [0.05, 0.1) is 0 Å². The SMILES string of the molecule is CC(C)(C)OC(=O)N(C(C=O)CCCN=C(N)N)[N+](=O)[O-]. The van der Waals surface area contributed by atoms with Crippen LogP contribution in [0.5, 0.6) is 0 Å².